The van der Waals surface area contributed by atoms with E-state index in [4.69, 9.17) is 18.8 Å². The Morgan fingerprint density at radius 3 is 2.53 bits per heavy atom. The summed E-state index contributed by atoms with van der Waals surface area (Å²) in [6, 6.07) is 6.05. The molecule has 0 unspecified atom stereocenters. The third kappa shape index (κ3) is 5.42. The Morgan fingerprint density at radius 1 is 1.23 bits per heavy atom. The average molecular weight is 418 g/mol. The number of hydrogen-bond donors (Lipinski definition) is 1. The maximum Gasteiger partial charge on any atom is 0.493 e. The number of carbonyl (C=O) groups excluding carboxylic acids is 1. The quantitative estimate of drug-likeness (QED) is 0.456. The first kappa shape index (κ1) is 23.2. The second kappa shape index (κ2) is 11.3. The molecule has 1 aliphatic heterocycles. The zero-order chi connectivity index (χ0) is 21.4. The molecule has 7 nitrogen and oxygen atoms in total. The van der Waals surface area contributed by atoms with Gasteiger partial charge in [-0.2, -0.15) is 0 Å². The number of hydrogen-bond acceptors (Lipinski definition) is 7. The number of rotatable bonds is 10. The lowest BCUT2D eigenvalue weighted by atomic mass is 9.68. The maximum atomic E-state index is 12.3. The highest BCUT2D eigenvalue weighted by atomic mass is 16.6. The van der Waals surface area contributed by atoms with Gasteiger partial charge in [-0.05, 0) is 42.8 Å². The van der Waals surface area contributed by atoms with Crippen LogP contribution in [0.15, 0.2) is 18.2 Å². The van der Waals surface area contributed by atoms with Crippen LogP contribution in [0.25, 0.3) is 0 Å². The van der Waals surface area contributed by atoms with Crippen LogP contribution in [-0.4, -0.2) is 85.1 Å². The van der Waals surface area contributed by atoms with Crippen molar-refractivity contribution in [2.24, 2.45) is 0 Å². The van der Waals surface area contributed by atoms with Crippen molar-refractivity contribution >= 4 is 24.6 Å². The van der Waals surface area contributed by atoms with Gasteiger partial charge in [-0.3, -0.25) is 4.90 Å². The zero-order valence-electron chi connectivity index (χ0n) is 18.5. The summed E-state index contributed by atoms with van der Waals surface area (Å²) < 4.78 is 22.3. The summed E-state index contributed by atoms with van der Waals surface area (Å²) in [5, 5.41) is 3.26. The highest BCUT2D eigenvalue weighted by Crippen LogP contribution is 2.41. The summed E-state index contributed by atoms with van der Waals surface area (Å²) in [6.07, 6.45) is 4.74. The highest BCUT2D eigenvalue weighted by molar-refractivity contribution is 6.61. The molecule has 8 heteroatoms. The number of carbonyl (C=O) groups is 1. The third-order valence-corrected chi connectivity index (χ3v) is 6.46. The smallest absolute Gasteiger partial charge is 0.410 e. The Hall–Kier alpha value is -1.45. The first-order valence-corrected chi connectivity index (χ1v) is 10.9. The van der Waals surface area contributed by atoms with Gasteiger partial charge in [0.1, 0.15) is 6.29 Å². The molecule has 166 valence electrons. The van der Waals surface area contributed by atoms with Crippen molar-refractivity contribution in [1.29, 1.82) is 0 Å². The van der Waals surface area contributed by atoms with Crippen LogP contribution in [0.5, 0.6) is 0 Å². The topological polar surface area (TPSA) is 69.3 Å². The minimum absolute atomic E-state index is 0.225. The molecule has 1 aromatic carbocycles. The molecule has 0 radical (unpaired) electrons. The normalized spacial score (nSPS) is 25.1. The van der Waals surface area contributed by atoms with E-state index in [9.17, 15) is 4.79 Å². The van der Waals surface area contributed by atoms with E-state index in [-0.39, 0.29) is 6.10 Å². The van der Waals surface area contributed by atoms with Gasteiger partial charge in [0.05, 0.1) is 31.3 Å². The van der Waals surface area contributed by atoms with Crippen LogP contribution in [0.1, 0.15) is 31.2 Å². The van der Waals surface area contributed by atoms with E-state index in [1.54, 1.807) is 14.2 Å². The Labute approximate surface area is 180 Å². The molecule has 1 saturated heterocycles. The van der Waals surface area contributed by atoms with Crippen molar-refractivity contribution in [3.8, 4) is 0 Å². The van der Waals surface area contributed by atoms with E-state index in [0.29, 0.717) is 0 Å². The highest BCUT2D eigenvalue weighted by Gasteiger charge is 2.39. The number of anilines is 1. The number of nitrogens with one attached hydrogen (secondary N) is 1. The van der Waals surface area contributed by atoms with Crippen LogP contribution in [0.2, 0.25) is 0 Å². The zero-order valence-corrected chi connectivity index (χ0v) is 18.5. The lowest BCUT2D eigenvalue weighted by Gasteiger charge is -2.38. The Balaban J connectivity index is 1.60. The lowest BCUT2D eigenvalue weighted by Crippen LogP contribution is -2.40. The largest absolute Gasteiger partial charge is 0.493 e. The SMILES string of the molecule is CNc1cc(B(OC)OC)ccc1C1(C=O)CCC(OCCN2CCOCC2)CC1. The number of benzene rings is 1. The Bertz CT molecular complexity index is 671. The van der Waals surface area contributed by atoms with Gasteiger partial charge in [0, 0.05) is 46.6 Å². The third-order valence-electron chi connectivity index (χ3n) is 6.46. The van der Waals surface area contributed by atoms with Crippen molar-refractivity contribution in [3.05, 3.63) is 23.8 Å². The molecule has 0 amide bonds. The summed E-state index contributed by atoms with van der Waals surface area (Å²) in [6.45, 7) is 5.28. The van der Waals surface area contributed by atoms with Crippen LogP contribution < -0.4 is 10.8 Å². The molecule has 2 aliphatic rings. The van der Waals surface area contributed by atoms with E-state index in [1.165, 1.54) is 0 Å². The first-order valence-electron chi connectivity index (χ1n) is 10.9. The van der Waals surface area contributed by atoms with Crippen LogP contribution in [0, 0.1) is 0 Å². The molecule has 2 fully saturated rings. The Kier molecular flexibility index (Phi) is 8.71. The summed E-state index contributed by atoms with van der Waals surface area (Å²) >= 11 is 0. The van der Waals surface area contributed by atoms with Crippen molar-refractivity contribution in [1.82, 2.24) is 4.90 Å². The van der Waals surface area contributed by atoms with Gasteiger partial charge >= 0.3 is 7.12 Å². The molecule has 1 heterocycles. The molecule has 1 saturated carbocycles. The van der Waals surface area contributed by atoms with Gasteiger partial charge in [0.15, 0.2) is 0 Å². The molecular formula is C22H35BN2O5. The van der Waals surface area contributed by atoms with Crippen molar-refractivity contribution < 1.29 is 23.6 Å². The number of aldehydes is 1. The molecule has 0 spiro atoms. The van der Waals surface area contributed by atoms with Gasteiger partial charge in [0.25, 0.3) is 0 Å². The van der Waals surface area contributed by atoms with E-state index < -0.39 is 12.5 Å². The molecule has 1 aliphatic carbocycles. The number of ether oxygens (including phenoxy) is 2. The summed E-state index contributed by atoms with van der Waals surface area (Å²) in [7, 11) is 4.70. The minimum Gasteiger partial charge on any atom is -0.410 e. The van der Waals surface area contributed by atoms with Gasteiger partial charge in [-0.1, -0.05) is 12.1 Å². The van der Waals surface area contributed by atoms with Gasteiger partial charge in [-0.15, -0.1) is 0 Å². The van der Waals surface area contributed by atoms with Crippen LogP contribution in [-0.2, 0) is 29.0 Å². The fraction of sp³-hybridized carbons (Fsp3) is 0.682. The molecule has 0 atom stereocenters. The van der Waals surface area contributed by atoms with Crippen molar-refractivity contribution in [3.63, 3.8) is 0 Å². The van der Waals surface area contributed by atoms with Crippen LogP contribution >= 0.6 is 0 Å². The van der Waals surface area contributed by atoms with E-state index >= 15 is 0 Å². The molecule has 0 aromatic heterocycles. The first-order chi connectivity index (χ1) is 14.7. The van der Waals surface area contributed by atoms with E-state index in [2.05, 4.69) is 10.2 Å². The standard InChI is InChI=1S/C22H35BN2O5/c1-24-21-16-18(23(27-2)28-3)4-5-20(21)22(17-26)8-6-19(7-9-22)30-15-12-25-10-13-29-14-11-25/h4-5,16-17,19,24H,6-15H2,1-3H3. The summed E-state index contributed by atoms with van der Waals surface area (Å²) in [5.41, 5.74) is 2.44. The van der Waals surface area contributed by atoms with Crippen molar-refractivity contribution in [2.75, 3.05) is 66.0 Å². The minimum atomic E-state index is -0.476. The fourth-order valence-corrected chi connectivity index (χ4v) is 4.61. The second-order valence-corrected chi connectivity index (χ2v) is 8.16. The molecule has 1 aromatic rings. The molecule has 30 heavy (non-hydrogen) atoms. The average Bonchev–Trinajstić information content (AvgIpc) is 2.81. The van der Waals surface area contributed by atoms with E-state index in [1.807, 2.05) is 25.2 Å². The molecule has 0 bridgehead atoms. The predicted molar refractivity (Wildman–Crippen MR) is 119 cm³/mol. The van der Waals surface area contributed by atoms with Crippen LogP contribution in [0.4, 0.5) is 5.69 Å². The van der Waals surface area contributed by atoms with Gasteiger partial charge in [-0.25, -0.2) is 0 Å². The van der Waals surface area contributed by atoms with Gasteiger partial charge < -0.3 is 28.9 Å². The van der Waals surface area contributed by atoms with Crippen molar-refractivity contribution in [2.45, 2.75) is 37.2 Å². The predicted octanol–water partition coefficient (Wildman–Crippen LogP) is 1.44. The summed E-state index contributed by atoms with van der Waals surface area (Å²) in [4.78, 5) is 14.7. The number of morpholine rings is 1. The fourth-order valence-electron chi connectivity index (χ4n) is 4.61. The number of nitrogens with zero attached hydrogens (tertiary/aromatic N) is 1. The molecule has 3 rings (SSSR count). The monoisotopic (exact) mass is 418 g/mol. The Morgan fingerprint density at radius 2 is 1.93 bits per heavy atom. The maximum absolute atomic E-state index is 12.3. The second-order valence-electron chi connectivity index (χ2n) is 8.16. The van der Waals surface area contributed by atoms with Gasteiger partial charge in [0.2, 0.25) is 0 Å². The molecule has 1 N–H and O–H groups in total. The lowest BCUT2D eigenvalue weighted by molar-refractivity contribution is -0.115. The van der Waals surface area contributed by atoms with E-state index in [0.717, 1.165) is 88.1 Å². The summed E-state index contributed by atoms with van der Waals surface area (Å²) in [5.74, 6) is 0. The molecular weight excluding hydrogens is 383 g/mol. The van der Waals surface area contributed by atoms with Crippen LogP contribution in [0.3, 0.4) is 0 Å².